The third-order valence-corrected chi connectivity index (χ3v) is 15.0. The van der Waals surface area contributed by atoms with Crippen molar-refractivity contribution in [3.63, 3.8) is 0 Å². The van der Waals surface area contributed by atoms with Crippen LogP contribution < -0.4 is 13.6 Å². The van der Waals surface area contributed by atoms with Crippen molar-refractivity contribution < 1.29 is 13.6 Å². The van der Waals surface area contributed by atoms with Crippen molar-refractivity contribution in [2.45, 2.75) is 267 Å². The Hall–Kier alpha value is -2.51. The van der Waals surface area contributed by atoms with Gasteiger partial charge in [0.15, 0.2) is 0 Å². The second kappa shape index (κ2) is 23.3. The number of rotatable bonds is 26. The van der Waals surface area contributed by atoms with Crippen molar-refractivity contribution in [2.75, 3.05) is 0 Å². The molecule has 0 aromatic heterocycles. The average Bonchev–Trinajstić information content (AvgIpc) is 3.17. The molecule has 0 atom stereocenters. The monoisotopic (exact) mass is 885 g/mol. The van der Waals surface area contributed by atoms with Crippen LogP contribution in [0.5, 0.6) is 17.2 Å². The summed E-state index contributed by atoms with van der Waals surface area (Å²) in [6, 6.07) is 18.7. The van der Waals surface area contributed by atoms with E-state index in [-0.39, 0.29) is 32.5 Å². The summed E-state index contributed by atoms with van der Waals surface area (Å²) >= 11 is 0. The van der Waals surface area contributed by atoms with Crippen LogP contribution in [0.2, 0.25) is 0 Å². The van der Waals surface area contributed by atoms with Gasteiger partial charge in [-0.1, -0.05) is 244 Å². The van der Waals surface area contributed by atoms with E-state index in [1.807, 2.05) is 0 Å². The summed E-state index contributed by atoms with van der Waals surface area (Å²) in [6.45, 7) is 44.5. The molecule has 0 N–H and O–H groups in total. The highest BCUT2D eigenvalue weighted by Crippen LogP contribution is 2.53. The van der Waals surface area contributed by atoms with Gasteiger partial charge in [0, 0.05) is 22.3 Å². The SMILES string of the molecule is CCCCCC(C)(C)c1ccc(OP(Oc2ccc(C(C)(C)CCCCC)cc2C(C)(C)CCCCC)Oc2c(C(C)(C)C)cc(C)cc2C(C)(C)C)c(C(C)(C)CCCCC)c1. The molecule has 0 saturated heterocycles. The summed E-state index contributed by atoms with van der Waals surface area (Å²) in [5.74, 6) is 2.63. The minimum atomic E-state index is -1.98. The number of aryl methyl sites for hydroxylation is 1. The molecule has 0 fully saturated rings. The molecule has 0 heterocycles. The second-order valence-corrected chi connectivity index (χ2v) is 25.0. The van der Waals surface area contributed by atoms with Gasteiger partial charge in [-0.15, -0.1) is 0 Å². The zero-order valence-corrected chi connectivity index (χ0v) is 45.5. The van der Waals surface area contributed by atoms with Crippen molar-refractivity contribution in [3.8, 4) is 17.2 Å². The van der Waals surface area contributed by atoms with Crippen LogP contribution in [-0.2, 0) is 32.5 Å². The van der Waals surface area contributed by atoms with Crippen LogP contribution in [0.25, 0.3) is 0 Å². The highest BCUT2D eigenvalue weighted by Gasteiger charge is 2.36. The van der Waals surface area contributed by atoms with Crippen LogP contribution in [0, 0.1) is 6.92 Å². The van der Waals surface area contributed by atoms with E-state index in [2.05, 4.69) is 180 Å². The van der Waals surface area contributed by atoms with Gasteiger partial charge in [0.05, 0.1) is 0 Å². The highest BCUT2D eigenvalue weighted by molar-refractivity contribution is 7.43. The van der Waals surface area contributed by atoms with Crippen LogP contribution >= 0.6 is 8.60 Å². The maximum Gasteiger partial charge on any atom is 0.530 e. The molecule has 3 rings (SSSR count). The summed E-state index contributed by atoms with van der Waals surface area (Å²) in [6.07, 6.45) is 19.2. The Labute approximate surface area is 392 Å². The Kier molecular flexibility index (Phi) is 20.3. The van der Waals surface area contributed by atoms with Gasteiger partial charge in [-0.3, -0.25) is 0 Å². The van der Waals surface area contributed by atoms with Crippen molar-refractivity contribution in [1.29, 1.82) is 0 Å². The minimum Gasteiger partial charge on any atom is -0.408 e. The largest absolute Gasteiger partial charge is 0.530 e. The van der Waals surface area contributed by atoms with Crippen LogP contribution in [0.4, 0.5) is 0 Å². The number of hydrogen-bond acceptors (Lipinski definition) is 3. The van der Waals surface area contributed by atoms with E-state index < -0.39 is 8.60 Å². The van der Waals surface area contributed by atoms with Gasteiger partial charge < -0.3 is 13.6 Å². The Morgan fingerprint density at radius 1 is 0.381 bits per heavy atom. The summed E-state index contributed by atoms with van der Waals surface area (Å²) in [5, 5.41) is 0. The smallest absolute Gasteiger partial charge is 0.408 e. The lowest BCUT2D eigenvalue weighted by Gasteiger charge is -2.34. The highest BCUT2D eigenvalue weighted by atomic mass is 31.2. The minimum absolute atomic E-state index is 0.0507. The van der Waals surface area contributed by atoms with E-state index >= 15 is 0 Å². The maximum atomic E-state index is 7.47. The molecule has 3 aromatic rings. The van der Waals surface area contributed by atoms with E-state index in [1.165, 1.54) is 116 Å². The zero-order chi connectivity index (χ0) is 47.4. The normalized spacial score (nSPS) is 13.2. The fourth-order valence-corrected chi connectivity index (χ4v) is 10.3. The topological polar surface area (TPSA) is 27.7 Å². The standard InChI is InChI=1S/C59H97O3P/c1-20-24-28-36-56(12,13)45-32-34-51(47(42-45)58(16,17)38-30-26-22-3)60-63(62-53-49(54(6,7)8)40-44(5)41-50(53)55(9,10)11)61-52-35-33-46(57(14,15)37-29-25-21-2)43-48(52)59(18,19)39-31-27-23-4/h32-35,40-43H,20-31,36-39H2,1-19H3. The van der Waals surface area contributed by atoms with Crippen LogP contribution in [0.3, 0.4) is 0 Å². The number of benzene rings is 3. The molecule has 0 radical (unpaired) electrons. The van der Waals surface area contributed by atoms with Gasteiger partial charge in [0.1, 0.15) is 17.2 Å². The Balaban J connectivity index is 2.39. The molecule has 0 aliphatic heterocycles. The van der Waals surface area contributed by atoms with Gasteiger partial charge in [-0.2, -0.15) is 0 Å². The average molecular weight is 885 g/mol. The molecule has 0 amide bonds. The van der Waals surface area contributed by atoms with E-state index in [0.29, 0.717) is 0 Å². The molecular weight excluding hydrogens is 788 g/mol. The van der Waals surface area contributed by atoms with Gasteiger partial charge in [0.2, 0.25) is 0 Å². The van der Waals surface area contributed by atoms with Crippen molar-refractivity contribution in [1.82, 2.24) is 0 Å². The van der Waals surface area contributed by atoms with Crippen molar-refractivity contribution in [3.05, 3.63) is 87.5 Å². The van der Waals surface area contributed by atoms with E-state index in [1.54, 1.807) is 0 Å². The van der Waals surface area contributed by atoms with Gasteiger partial charge in [0.25, 0.3) is 0 Å². The molecule has 0 aliphatic carbocycles. The zero-order valence-electron chi connectivity index (χ0n) is 44.6. The molecule has 0 saturated carbocycles. The quantitative estimate of drug-likeness (QED) is 0.0594. The molecule has 0 unspecified atom stereocenters. The summed E-state index contributed by atoms with van der Waals surface area (Å²) < 4.78 is 22.3. The van der Waals surface area contributed by atoms with E-state index in [0.717, 1.165) is 42.9 Å². The number of hydrogen-bond donors (Lipinski definition) is 0. The Morgan fingerprint density at radius 2 is 0.698 bits per heavy atom. The van der Waals surface area contributed by atoms with Gasteiger partial charge in [-0.25, -0.2) is 0 Å². The van der Waals surface area contributed by atoms with E-state index in [9.17, 15) is 0 Å². The molecule has 63 heavy (non-hydrogen) atoms. The molecule has 356 valence electrons. The third-order valence-electron chi connectivity index (χ3n) is 14.0. The fourth-order valence-electron chi connectivity index (χ4n) is 9.22. The van der Waals surface area contributed by atoms with Crippen LogP contribution in [-0.4, -0.2) is 0 Å². The first-order valence-electron chi connectivity index (χ1n) is 25.5. The first-order valence-corrected chi connectivity index (χ1v) is 26.6. The summed E-state index contributed by atoms with van der Waals surface area (Å²) in [5.41, 5.74) is 8.40. The predicted octanol–water partition coefficient (Wildman–Crippen LogP) is 19.8. The lowest BCUT2D eigenvalue weighted by molar-refractivity contribution is 0.358. The lowest BCUT2D eigenvalue weighted by atomic mass is 9.74. The molecule has 0 bridgehead atoms. The molecule has 3 nitrogen and oxygen atoms in total. The summed E-state index contributed by atoms with van der Waals surface area (Å²) in [4.78, 5) is 0. The van der Waals surface area contributed by atoms with Crippen molar-refractivity contribution >= 4 is 8.60 Å². The number of unbranched alkanes of at least 4 members (excludes halogenated alkanes) is 8. The Morgan fingerprint density at radius 3 is 1.00 bits per heavy atom. The summed E-state index contributed by atoms with van der Waals surface area (Å²) in [7, 11) is -1.98. The first kappa shape index (κ1) is 54.8. The van der Waals surface area contributed by atoms with Gasteiger partial charge >= 0.3 is 8.60 Å². The second-order valence-electron chi connectivity index (χ2n) is 24.0. The van der Waals surface area contributed by atoms with E-state index in [4.69, 9.17) is 13.6 Å². The van der Waals surface area contributed by atoms with Crippen LogP contribution in [0.15, 0.2) is 48.5 Å². The van der Waals surface area contributed by atoms with Crippen molar-refractivity contribution in [2.24, 2.45) is 0 Å². The van der Waals surface area contributed by atoms with Crippen LogP contribution in [0.1, 0.15) is 266 Å². The molecule has 4 heteroatoms. The maximum absolute atomic E-state index is 7.47. The first-order chi connectivity index (χ1) is 29.2. The molecule has 0 spiro atoms. The molecule has 0 aliphatic rings. The molecule has 3 aromatic carbocycles. The predicted molar refractivity (Wildman–Crippen MR) is 279 cm³/mol. The molecular formula is C59H97O3P. The fraction of sp³-hybridized carbons (Fsp3) is 0.695. The van der Waals surface area contributed by atoms with Gasteiger partial charge in [-0.05, 0) is 88.4 Å². The third kappa shape index (κ3) is 15.8. The Bertz CT molecular complexity index is 1720. The lowest BCUT2D eigenvalue weighted by Crippen LogP contribution is -2.24.